The number of carbonyl (C=O) groups excluding carboxylic acids is 1. The Hall–Kier alpha value is -1.98. The van der Waals surface area contributed by atoms with Gasteiger partial charge in [0, 0.05) is 24.2 Å². The third-order valence-electron chi connectivity index (χ3n) is 5.11. The highest BCUT2D eigenvalue weighted by molar-refractivity contribution is 5.90. The van der Waals surface area contributed by atoms with Gasteiger partial charge in [-0.1, -0.05) is 12.5 Å². The molecule has 1 amide bonds. The molecule has 1 aromatic carbocycles. The number of carbonyl (C=O) groups is 2. The van der Waals surface area contributed by atoms with Crippen LogP contribution in [0.5, 0.6) is 0 Å². The Kier molecular flexibility index (Phi) is 4.08. The lowest BCUT2D eigenvalue weighted by Gasteiger charge is -2.44. The summed E-state index contributed by atoms with van der Waals surface area (Å²) in [5, 5.41) is 9.00. The molecule has 1 N–H and O–H groups in total. The van der Waals surface area contributed by atoms with Crippen molar-refractivity contribution < 1.29 is 23.5 Å². The minimum atomic E-state index is -0.959. The Morgan fingerprint density at radius 2 is 2.00 bits per heavy atom. The van der Waals surface area contributed by atoms with Gasteiger partial charge in [0.1, 0.15) is 11.6 Å². The van der Waals surface area contributed by atoms with Crippen LogP contribution >= 0.6 is 0 Å². The Bertz CT molecular complexity index is 643. The van der Waals surface area contributed by atoms with Gasteiger partial charge in [-0.3, -0.25) is 9.59 Å². The third-order valence-corrected chi connectivity index (χ3v) is 5.11. The van der Waals surface area contributed by atoms with Crippen molar-refractivity contribution in [1.29, 1.82) is 0 Å². The van der Waals surface area contributed by atoms with Gasteiger partial charge in [-0.25, -0.2) is 8.78 Å². The van der Waals surface area contributed by atoms with E-state index in [1.54, 1.807) is 4.90 Å². The maximum atomic E-state index is 14.2. The third kappa shape index (κ3) is 2.71. The van der Waals surface area contributed by atoms with Crippen LogP contribution in [0, 0.1) is 11.6 Å². The highest BCUT2D eigenvalue weighted by Crippen LogP contribution is 2.47. The normalized spacial score (nSPS) is 22.7. The fourth-order valence-electron chi connectivity index (χ4n) is 3.80. The van der Waals surface area contributed by atoms with Crippen molar-refractivity contribution in [3.05, 3.63) is 35.4 Å². The maximum absolute atomic E-state index is 14.2. The zero-order valence-electron chi connectivity index (χ0n) is 12.7. The van der Waals surface area contributed by atoms with Crippen LogP contribution in [0.4, 0.5) is 8.78 Å². The molecule has 2 aliphatic rings. The van der Waals surface area contributed by atoms with Crippen LogP contribution in [0.25, 0.3) is 0 Å². The van der Waals surface area contributed by atoms with Gasteiger partial charge in [0.25, 0.3) is 0 Å². The Labute approximate surface area is 133 Å². The Balaban J connectivity index is 1.90. The molecule has 1 heterocycles. The summed E-state index contributed by atoms with van der Waals surface area (Å²) >= 11 is 0. The summed E-state index contributed by atoms with van der Waals surface area (Å²) < 4.78 is 27.4. The van der Waals surface area contributed by atoms with Crippen LogP contribution < -0.4 is 0 Å². The first-order valence-electron chi connectivity index (χ1n) is 7.92. The first-order valence-corrected chi connectivity index (χ1v) is 7.92. The number of hydrogen-bond donors (Lipinski definition) is 1. The molecule has 0 aromatic heterocycles. The van der Waals surface area contributed by atoms with E-state index in [0.717, 1.165) is 18.9 Å². The van der Waals surface area contributed by atoms with E-state index >= 15 is 0 Å². The van der Waals surface area contributed by atoms with Crippen molar-refractivity contribution in [2.75, 3.05) is 6.54 Å². The Morgan fingerprint density at radius 3 is 2.57 bits per heavy atom. The molecule has 2 fully saturated rings. The van der Waals surface area contributed by atoms with Gasteiger partial charge < -0.3 is 10.0 Å². The topological polar surface area (TPSA) is 57.6 Å². The van der Waals surface area contributed by atoms with Crippen molar-refractivity contribution in [3.8, 4) is 0 Å². The molecule has 1 unspecified atom stereocenters. The van der Waals surface area contributed by atoms with Crippen molar-refractivity contribution in [3.63, 3.8) is 0 Å². The molecular weight excluding hydrogens is 304 g/mol. The maximum Gasteiger partial charge on any atom is 0.305 e. The molecule has 1 aliphatic carbocycles. The van der Waals surface area contributed by atoms with Crippen molar-refractivity contribution in [1.82, 2.24) is 4.90 Å². The molecule has 3 rings (SSSR count). The predicted octanol–water partition coefficient (Wildman–Crippen LogP) is 2.85. The smallest absolute Gasteiger partial charge is 0.305 e. The molecule has 1 atom stereocenters. The summed E-state index contributed by atoms with van der Waals surface area (Å²) in [6.45, 7) is 0.501. The lowest BCUT2D eigenvalue weighted by Crippen LogP contribution is -2.53. The number of carboxylic acid groups (broad SMARTS) is 1. The van der Waals surface area contributed by atoms with Crippen LogP contribution in [-0.2, 0) is 15.0 Å². The first kappa shape index (κ1) is 15.9. The van der Waals surface area contributed by atoms with Crippen molar-refractivity contribution in [2.24, 2.45) is 0 Å². The van der Waals surface area contributed by atoms with E-state index in [1.165, 1.54) is 12.1 Å². The van der Waals surface area contributed by atoms with Gasteiger partial charge in [-0.15, -0.1) is 0 Å². The van der Waals surface area contributed by atoms with E-state index in [1.807, 2.05) is 0 Å². The fourth-order valence-corrected chi connectivity index (χ4v) is 3.80. The lowest BCUT2D eigenvalue weighted by molar-refractivity contribution is -0.144. The summed E-state index contributed by atoms with van der Waals surface area (Å²) in [7, 11) is 0. The highest BCUT2D eigenvalue weighted by atomic mass is 19.1. The predicted molar refractivity (Wildman–Crippen MR) is 78.9 cm³/mol. The van der Waals surface area contributed by atoms with E-state index in [4.69, 9.17) is 5.11 Å². The molecular formula is C17H19F2NO3. The zero-order valence-corrected chi connectivity index (χ0v) is 12.7. The lowest BCUT2D eigenvalue weighted by atomic mass is 9.63. The van der Waals surface area contributed by atoms with E-state index in [0.29, 0.717) is 25.8 Å². The largest absolute Gasteiger partial charge is 0.481 e. The average Bonchev–Trinajstić information content (AvgIpc) is 2.86. The second-order valence-electron chi connectivity index (χ2n) is 6.45. The minimum absolute atomic E-state index is 0.0896. The number of rotatable bonds is 4. The van der Waals surface area contributed by atoms with E-state index in [9.17, 15) is 18.4 Å². The molecule has 124 valence electrons. The molecule has 1 aromatic rings. The van der Waals surface area contributed by atoms with Gasteiger partial charge in [-0.2, -0.15) is 0 Å². The van der Waals surface area contributed by atoms with Crippen LogP contribution in [-0.4, -0.2) is 34.5 Å². The summed E-state index contributed by atoms with van der Waals surface area (Å²) in [6, 6.07) is 3.00. The molecule has 0 radical (unpaired) electrons. The quantitative estimate of drug-likeness (QED) is 0.927. The molecule has 4 nitrogen and oxygen atoms in total. The summed E-state index contributed by atoms with van der Waals surface area (Å²) in [5.41, 5.74) is -0.727. The van der Waals surface area contributed by atoms with Gasteiger partial charge in [0.15, 0.2) is 0 Å². The molecule has 1 aliphatic heterocycles. The number of benzene rings is 1. The van der Waals surface area contributed by atoms with Crippen LogP contribution in [0.3, 0.4) is 0 Å². The molecule has 1 saturated heterocycles. The zero-order chi connectivity index (χ0) is 16.6. The second kappa shape index (κ2) is 5.91. The summed E-state index contributed by atoms with van der Waals surface area (Å²) in [6.07, 6.45) is 3.16. The van der Waals surface area contributed by atoms with Crippen LogP contribution in [0.2, 0.25) is 0 Å². The second-order valence-corrected chi connectivity index (χ2v) is 6.45. The van der Waals surface area contributed by atoms with E-state index in [-0.39, 0.29) is 23.9 Å². The van der Waals surface area contributed by atoms with Gasteiger partial charge >= 0.3 is 5.97 Å². The number of hydrogen-bond acceptors (Lipinski definition) is 2. The number of amides is 1. The van der Waals surface area contributed by atoms with Gasteiger partial charge in [0.2, 0.25) is 5.91 Å². The van der Waals surface area contributed by atoms with Gasteiger partial charge in [0.05, 0.1) is 11.8 Å². The summed E-state index contributed by atoms with van der Waals surface area (Å²) in [5.74, 6) is -2.52. The first-order chi connectivity index (χ1) is 10.9. The number of carboxylic acids is 1. The molecule has 23 heavy (non-hydrogen) atoms. The van der Waals surface area contributed by atoms with Crippen LogP contribution in [0.1, 0.15) is 44.1 Å². The Morgan fingerprint density at radius 1 is 1.26 bits per heavy atom. The number of nitrogens with zero attached hydrogens (tertiary/aromatic N) is 1. The SMILES string of the molecule is O=C(O)CC1CCCN1C(=O)C1(c2ccc(F)cc2F)CCC1. The van der Waals surface area contributed by atoms with E-state index < -0.39 is 23.0 Å². The minimum Gasteiger partial charge on any atom is -0.481 e. The van der Waals surface area contributed by atoms with Crippen molar-refractivity contribution >= 4 is 11.9 Å². The van der Waals surface area contributed by atoms with Crippen molar-refractivity contribution in [2.45, 2.75) is 50.0 Å². The average molecular weight is 323 g/mol. The molecule has 0 bridgehead atoms. The monoisotopic (exact) mass is 323 g/mol. The number of likely N-dealkylation sites (tertiary alicyclic amines) is 1. The fraction of sp³-hybridized carbons (Fsp3) is 0.529. The summed E-state index contributed by atoms with van der Waals surface area (Å²) in [4.78, 5) is 25.6. The number of halogens is 2. The number of aliphatic carboxylic acids is 1. The van der Waals surface area contributed by atoms with Crippen LogP contribution in [0.15, 0.2) is 18.2 Å². The standard InChI is InChI=1S/C17H19F2NO3/c18-11-4-5-13(14(19)9-11)17(6-2-7-17)16(23)20-8-1-3-12(20)10-15(21)22/h4-5,9,12H,1-3,6-8,10H2,(H,21,22). The molecule has 1 saturated carbocycles. The van der Waals surface area contributed by atoms with E-state index in [2.05, 4.69) is 0 Å². The highest BCUT2D eigenvalue weighted by Gasteiger charge is 2.51. The van der Waals surface area contributed by atoms with Gasteiger partial charge in [-0.05, 0) is 31.7 Å². The molecule has 0 spiro atoms. The molecule has 6 heteroatoms.